The standard InChI is InChI=1S/C20H28N2O2/c1-6-22(5)13-21-19-12-15(3)18(11-16(19)4)20(23)24-17-9-7-8-14(2)10-17/h10-13,17H,6-9H2,1-5H3/b21-13+. The van der Waals surface area contributed by atoms with Crippen LogP contribution in [0.1, 0.15) is 54.6 Å². The number of benzene rings is 1. The van der Waals surface area contributed by atoms with Crippen molar-refractivity contribution in [2.75, 3.05) is 13.6 Å². The van der Waals surface area contributed by atoms with Gasteiger partial charge in [-0.15, -0.1) is 0 Å². The van der Waals surface area contributed by atoms with Crippen LogP contribution >= 0.6 is 0 Å². The molecule has 24 heavy (non-hydrogen) atoms. The number of aliphatic imine (C=N–C) groups is 1. The van der Waals surface area contributed by atoms with Crippen LogP contribution in [0, 0.1) is 13.8 Å². The van der Waals surface area contributed by atoms with Gasteiger partial charge in [0.05, 0.1) is 17.6 Å². The van der Waals surface area contributed by atoms with Crippen LogP contribution < -0.4 is 0 Å². The lowest BCUT2D eigenvalue weighted by molar-refractivity contribution is 0.0366. The summed E-state index contributed by atoms with van der Waals surface area (Å²) in [4.78, 5) is 19.0. The topological polar surface area (TPSA) is 41.9 Å². The van der Waals surface area contributed by atoms with E-state index in [1.54, 1.807) is 0 Å². The van der Waals surface area contributed by atoms with Crippen LogP contribution in [0.25, 0.3) is 0 Å². The number of carbonyl (C=O) groups is 1. The summed E-state index contributed by atoms with van der Waals surface area (Å²) in [6.07, 6.45) is 6.88. The van der Waals surface area contributed by atoms with E-state index in [-0.39, 0.29) is 12.1 Å². The molecule has 0 aromatic heterocycles. The average molecular weight is 328 g/mol. The molecule has 4 heteroatoms. The number of carbonyl (C=O) groups excluding carboxylic acids is 1. The van der Waals surface area contributed by atoms with Crippen molar-refractivity contribution in [3.8, 4) is 0 Å². The van der Waals surface area contributed by atoms with Crippen molar-refractivity contribution in [3.63, 3.8) is 0 Å². The molecule has 0 saturated carbocycles. The van der Waals surface area contributed by atoms with Crippen LogP contribution in [0.4, 0.5) is 5.69 Å². The van der Waals surface area contributed by atoms with Gasteiger partial charge in [-0.1, -0.05) is 5.57 Å². The molecule has 0 spiro atoms. The predicted molar refractivity (Wildman–Crippen MR) is 99.2 cm³/mol. The van der Waals surface area contributed by atoms with Crippen molar-refractivity contribution in [2.24, 2.45) is 4.99 Å². The normalized spacial score (nSPS) is 17.7. The van der Waals surface area contributed by atoms with Gasteiger partial charge in [-0.2, -0.15) is 0 Å². The Morgan fingerprint density at radius 2 is 2.08 bits per heavy atom. The third kappa shape index (κ3) is 4.70. The number of esters is 1. The highest BCUT2D eigenvalue weighted by Gasteiger charge is 2.19. The summed E-state index contributed by atoms with van der Waals surface area (Å²) in [6, 6.07) is 3.84. The molecule has 0 heterocycles. The highest BCUT2D eigenvalue weighted by Crippen LogP contribution is 2.25. The molecule has 0 fully saturated rings. The fourth-order valence-corrected chi connectivity index (χ4v) is 2.76. The fraction of sp³-hybridized carbons (Fsp3) is 0.500. The molecule has 0 bridgehead atoms. The van der Waals surface area contributed by atoms with Gasteiger partial charge < -0.3 is 9.64 Å². The van der Waals surface area contributed by atoms with E-state index in [9.17, 15) is 4.79 Å². The molecule has 1 aromatic carbocycles. The lowest BCUT2D eigenvalue weighted by Gasteiger charge is -2.20. The van der Waals surface area contributed by atoms with Gasteiger partial charge in [0.25, 0.3) is 0 Å². The van der Waals surface area contributed by atoms with Gasteiger partial charge >= 0.3 is 5.97 Å². The minimum atomic E-state index is -0.243. The van der Waals surface area contributed by atoms with Gasteiger partial charge in [0.2, 0.25) is 0 Å². The summed E-state index contributed by atoms with van der Waals surface area (Å²) in [5.41, 5.74) is 4.69. The Bertz CT molecular complexity index is 662. The number of rotatable bonds is 5. The Labute approximate surface area is 145 Å². The van der Waals surface area contributed by atoms with Crippen LogP contribution in [0.2, 0.25) is 0 Å². The molecular formula is C20H28N2O2. The number of nitrogens with zero attached hydrogens (tertiary/aromatic N) is 2. The summed E-state index contributed by atoms with van der Waals surface area (Å²) in [5.74, 6) is -0.243. The molecule has 1 aliphatic rings. The van der Waals surface area contributed by atoms with Gasteiger partial charge in [-0.05, 0) is 76.3 Å². The summed E-state index contributed by atoms with van der Waals surface area (Å²) >= 11 is 0. The Morgan fingerprint density at radius 1 is 1.33 bits per heavy atom. The first kappa shape index (κ1) is 18.2. The Hall–Kier alpha value is -2.10. The van der Waals surface area contributed by atoms with Gasteiger partial charge in [-0.25, -0.2) is 9.79 Å². The second kappa shape index (κ2) is 8.13. The molecule has 0 amide bonds. The molecule has 0 N–H and O–H groups in total. The highest BCUT2D eigenvalue weighted by atomic mass is 16.5. The van der Waals surface area contributed by atoms with Gasteiger partial charge in [-0.3, -0.25) is 0 Å². The van der Waals surface area contributed by atoms with E-state index in [4.69, 9.17) is 4.74 Å². The van der Waals surface area contributed by atoms with Crippen molar-refractivity contribution in [3.05, 3.63) is 40.5 Å². The number of hydrogen-bond acceptors (Lipinski definition) is 3. The van der Waals surface area contributed by atoms with Crippen LogP contribution in [0.15, 0.2) is 28.8 Å². The van der Waals surface area contributed by atoms with E-state index >= 15 is 0 Å². The van der Waals surface area contributed by atoms with Crippen molar-refractivity contribution >= 4 is 18.0 Å². The summed E-state index contributed by atoms with van der Waals surface area (Å²) in [5, 5.41) is 0. The first-order valence-electron chi connectivity index (χ1n) is 8.64. The number of hydrogen-bond donors (Lipinski definition) is 0. The van der Waals surface area contributed by atoms with Crippen LogP contribution in [-0.2, 0) is 4.74 Å². The van der Waals surface area contributed by atoms with E-state index in [0.717, 1.165) is 42.6 Å². The maximum absolute atomic E-state index is 12.5. The molecule has 1 atom stereocenters. The molecule has 4 nitrogen and oxygen atoms in total. The van der Waals surface area contributed by atoms with E-state index in [1.807, 2.05) is 44.3 Å². The van der Waals surface area contributed by atoms with Gasteiger partial charge in [0, 0.05) is 13.6 Å². The zero-order chi connectivity index (χ0) is 17.7. The second-order valence-electron chi connectivity index (χ2n) is 6.62. The van der Waals surface area contributed by atoms with Crippen molar-refractivity contribution < 1.29 is 9.53 Å². The molecule has 130 valence electrons. The lowest BCUT2D eigenvalue weighted by atomic mass is 9.98. The average Bonchev–Trinajstić information content (AvgIpc) is 2.54. The molecule has 0 saturated heterocycles. The summed E-state index contributed by atoms with van der Waals surface area (Å²) < 4.78 is 5.68. The van der Waals surface area contributed by atoms with Crippen LogP contribution in [-0.4, -0.2) is 36.9 Å². The second-order valence-corrected chi connectivity index (χ2v) is 6.62. The molecule has 1 aromatic rings. The Kier molecular flexibility index (Phi) is 6.18. The molecule has 0 aliphatic heterocycles. The van der Waals surface area contributed by atoms with E-state index in [0.29, 0.717) is 5.56 Å². The third-order valence-corrected chi connectivity index (χ3v) is 4.44. The van der Waals surface area contributed by atoms with Crippen LogP contribution in [0.5, 0.6) is 0 Å². The van der Waals surface area contributed by atoms with E-state index < -0.39 is 0 Å². The fourth-order valence-electron chi connectivity index (χ4n) is 2.76. The summed E-state index contributed by atoms with van der Waals surface area (Å²) in [7, 11) is 1.98. The molecule has 0 radical (unpaired) electrons. The quantitative estimate of drug-likeness (QED) is 0.344. The SMILES string of the molecule is CCN(C)/C=N/c1cc(C)c(C(=O)OC2C=C(C)CCC2)cc1C. The highest BCUT2D eigenvalue weighted by molar-refractivity contribution is 5.92. The lowest BCUT2D eigenvalue weighted by Crippen LogP contribution is -2.19. The van der Waals surface area contributed by atoms with Crippen molar-refractivity contribution in [2.45, 2.75) is 53.1 Å². The maximum Gasteiger partial charge on any atom is 0.338 e. The van der Waals surface area contributed by atoms with E-state index in [2.05, 4.69) is 24.9 Å². The molecule has 1 unspecified atom stereocenters. The van der Waals surface area contributed by atoms with Crippen molar-refractivity contribution in [1.82, 2.24) is 4.90 Å². The van der Waals surface area contributed by atoms with Crippen LogP contribution in [0.3, 0.4) is 0 Å². The first-order chi connectivity index (χ1) is 11.4. The first-order valence-corrected chi connectivity index (χ1v) is 8.64. The molecule has 1 aliphatic carbocycles. The summed E-state index contributed by atoms with van der Waals surface area (Å²) in [6.45, 7) is 8.97. The maximum atomic E-state index is 12.5. The Balaban J connectivity index is 2.16. The minimum Gasteiger partial charge on any atom is -0.455 e. The number of aryl methyl sites for hydroxylation is 2. The minimum absolute atomic E-state index is 0.0955. The zero-order valence-electron chi connectivity index (χ0n) is 15.4. The molecule has 2 rings (SSSR count). The third-order valence-electron chi connectivity index (χ3n) is 4.44. The van der Waals surface area contributed by atoms with Gasteiger partial charge in [0.1, 0.15) is 6.10 Å². The molecular weight excluding hydrogens is 300 g/mol. The Morgan fingerprint density at radius 3 is 2.75 bits per heavy atom. The number of ether oxygens (including phenoxy) is 1. The number of allylic oxidation sites excluding steroid dienone is 1. The smallest absolute Gasteiger partial charge is 0.338 e. The zero-order valence-corrected chi connectivity index (χ0v) is 15.4. The largest absolute Gasteiger partial charge is 0.455 e. The predicted octanol–water partition coefficient (Wildman–Crippen LogP) is 4.57. The van der Waals surface area contributed by atoms with Crippen molar-refractivity contribution in [1.29, 1.82) is 0 Å². The monoisotopic (exact) mass is 328 g/mol. The van der Waals surface area contributed by atoms with Gasteiger partial charge in [0.15, 0.2) is 0 Å². The van der Waals surface area contributed by atoms with E-state index in [1.165, 1.54) is 5.57 Å².